The number of rotatable bonds is 5. The van der Waals surface area contributed by atoms with Crippen molar-refractivity contribution in [2.24, 2.45) is 10.9 Å². The van der Waals surface area contributed by atoms with Gasteiger partial charge in [0.05, 0.1) is 0 Å². The van der Waals surface area contributed by atoms with Crippen LogP contribution in [-0.4, -0.2) is 50.5 Å². The Hall–Kier alpha value is -0.530. The van der Waals surface area contributed by atoms with Crippen molar-refractivity contribution in [1.82, 2.24) is 15.5 Å². The molecule has 20 heavy (non-hydrogen) atoms. The van der Waals surface area contributed by atoms with Crippen molar-refractivity contribution in [2.75, 3.05) is 33.7 Å². The Morgan fingerprint density at radius 2 is 2.00 bits per heavy atom. The van der Waals surface area contributed by atoms with Gasteiger partial charge in [0.15, 0.2) is 5.96 Å². The van der Waals surface area contributed by atoms with E-state index < -0.39 is 0 Å². The number of halogens is 1. The topological polar surface area (TPSA) is 56.7 Å². The van der Waals surface area contributed by atoms with E-state index in [1.54, 1.807) is 7.05 Å². The number of unbranched alkanes of at least 4 members (excludes halogenated alkanes) is 1. The number of likely N-dealkylation sites (tertiary alicyclic amines) is 1. The summed E-state index contributed by atoms with van der Waals surface area (Å²) in [6.45, 7) is 5.16. The van der Waals surface area contributed by atoms with Gasteiger partial charge in [-0.15, -0.1) is 24.0 Å². The van der Waals surface area contributed by atoms with E-state index >= 15 is 0 Å². The van der Waals surface area contributed by atoms with Crippen LogP contribution in [0.3, 0.4) is 0 Å². The van der Waals surface area contributed by atoms with Crippen LogP contribution in [0.1, 0.15) is 39.0 Å². The highest BCUT2D eigenvalue weighted by Gasteiger charge is 2.22. The van der Waals surface area contributed by atoms with Gasteiger partial charge in [-0.2, -0.15) is 0 Å². The lowest BCUT2D eigenvalue weighted by Crippen LogP contribution is -2.46. The molecule has 2 N–H and O–H groups in total. The zero-order chi connectivity index (χ0) is 14.1. The SMILES string of the molecule is CCCCNC(=NC)N1CCC(CC(=O)NC)CC1.I. The van der Waals surface area contributed by atoms with Crippen LogP contribution in [0.5, 0.6) is 0 Å². The molecule has 1 amide bonds. The van der Waals surface area contributed by atoms with Gasteiger partial charge in [-0.3, -0.25) is 9.79 Å². The molecule has 0 aromatic heterocycles. The molecule has 5 nitrogen and oxygen atoms in total. The Balaban J connectivity index is 0.00000361. The maximum atomic E-state index is 11.4. The lowest BCUT2D eigenvalue weighted by atomic mass is 9.93. The smallest absolute Gasteiger partial charge is 0.220 e. The lowest BCUT2D eigenvalue weighted by molar-refractivity contribution is -0.121. The molecule has 1 fully saturated rings. The molecule has 0 spiro atoms. The van der Waals surface area contributed by atoms with Crippen LogP contribution in [0.4, 0.5) is 0 Å². The highest BCUT2D eigenvalue weighted by atomic mass is 127. The van der Waals surface area contributed by atoms with E-state index in [1.807, 2.05) is 7.05 Å². The maximum Gasteiger partial charge on any atom is 0.220 e. The predicted octanol–water partition coefficient (Wildman–Crippen LogP) is 1.83. The predicted molar refractivity (Wildman–Crippen MR) is 94.7 cm³/mol. The Bertz CT molecular complexity index is 302. The quantitative estimate of drug-likeness (QED) is 0.323. The summed E-state index contributed by atoms with van der Waals surface area (Å²) >= 11 is 0. The highest BCUT2D eigenvalue weighted by molar-refractivity contribution is 14.0. The number of guanidine groups is 1. The first-order chi connectivity index (χ1) is 9.21. The number of carbonyl (C=O) groups is 1. The van der Waals surface area contributed by atoms with Gasteiger partial charge in [-0.05, 0) is 25.2 Å². The van der Waals surface area contributed by atoms with Crippen LogP contribution in [0.25, 0.3) is 0 Å². The number of nitrogens with zero attached hydrogens (tertiary/aromatic N) is 2. The Labute approximate surface area is 140 Å². The van der Waals surface area contributed by atoms with E-state index in [0.29, 0.717) is 12.3 Å². The van der Waals surface area contributed by atoms with E-state index in [4.69, 9.17) is 0 Å². The molecular weight excluding hydrogens is 367 g/mol. The van der Waals surface area contributed by atoms with Crippen LogP contribution in [-0.2, 0) is 4.79 Å². The average molecular weight is 396 g/mol. The normalized spacial score (nSPS) is 16.6. The van der Waals surface area contributed by atoms with Crippen molar-refractivity contribution in [3.63, 3.8) is 0 Å². The summed E-state index contributed by atoms with van der Waals surface area (Å²) in [5.41, 5.74) is 0. The van der Waals surface area contributed by atoms with Crippen molar-refractivity contribution in [2.45, 2.75) is 39.0 Å². The zero-order valence-electron chi connectivity index (χ0n) is 12.9. The first-order valence-electron chi connectivity index (χ1n) is 7.37. The molecule has 1 aliphatic heterocycles. The third kappa shape index (κ3) is 6.76. The molecule has 1 heterocycles. The minimum absolute atomic E-state index is 0. The molecule has 0 radical (unpaired) electrons. The van der Waals surface area contributed by atoms with Crippen molar-refractivity contribution < 1.29 is 4.79 Å². The second-order valence-electron chi connectivity index (χ2n) is 5.14. The number of amides is 1. The van der Waals surface area contributed by atoms with E-state index in [1.165, 1.54) is 12.8 Å². The molecule has 0 unspecified atom stereocenters. The monoisotopic (exact) mass is 396 g/mol. The van der Waals surface area contributed by atoms with E-state index in [2.05, 4.69) is 27.4 Å². The standard InChI is InChI=1S/C14H28N4O.HI/c1-4-5-8-17-14(16-3)18-9-6-12(7-10-18)11-13(19)15-2;/h12H,4-11H2,1-3H3,(H,15,19)(H,16,17);1H. The zero-order valence-corrected chi connectivity index (χ0v) is 15.3. The van der Waals surface area contributed by atoms with Crippen LogP contribution < -0.4 is 10.6 Å². The van der Waals surface area contributed by atoms with Crippen molar-refractivity contribution in [1.29, 1.82) is 0 Å². The molecule has 0 saturated carbocycles. The fourth-order valence-electron chi connectivity index (χ4n) is 2.42. The van der Waals surface area contributed by atoms with E-state index in [-0.39, 0.29) is 29.9 Å². The molecule has 0 aliphatic carbocycles. The third-order valence-corrected chi connectivity index (χ3v) is 3.69. The number of piperidine rings is 1. The Kier molecular flexibility index (Phi) is 10.9. The molecule has 0 aromatic rings. The first kappa shape index (κ1) is 19.5. The molecule has 1 rings (SSSR count). The Morgan fingerprint density at radius 1 is 1.35 bits per heavy atom. The van der Waals surface area contributed by atoms with Gasteiger partial charge >= 0.3 is 0 Å². The van der Waals surface area contributed by atoms with Gasteiger partial charge in [0.1, 0.15) is 0 Å². The van der Waals surface area contributed by atoms with Crippen molar-refractivity contribution in [3.8, 4) is 0 Å². The summed E-state index contributed by atoms with van der Waals surface area (Å²) in [5, 5.41) is 6.11. The number of nitrogens with one attached hydrogen (secondary N) is 2. The third-order valence-electron chi connectivity index (χ3n) is 3.69. The van der Waals surface area contributed by atoms with Gasteiger partial charge in [0.2, 0.25) is 5.91 Å². The summed E-state index contributed by atoms with van der Waals surface area (Å²) < 4.78 is 0. The first-order valence-corrected chi connectivity index (χ1v) is 7.37. The minimum Gasteiger partial charge on any atom is -0.359 e. The molecular formula is C14H29IN4O. The summed E-state index contributed by atoms with van der Waals surface area (Å²) in [5.74, 6) is 1.68. The maximum absolute atomic E-state index is 11.4. The Morgan fingerprint density at radius 3 is 2.50 bits per heavy atom. The second-order valence-corrected chi connectivity index (χ2v) is 5.14. The van der Waals surface area contributed by atoms with Crippen LogP contribution in [0, 0.1) is 5.92 Å². The fourth-order valence-corrected chi connectivity index (χ4v) is 2.42. The summed E-state index contributed by atoms with van der Waals surface area (Å²) in [4.78, 5) is 18.0. The van der Waals surface area contributed by atoms with Gasteiger partial charge < -0.3 is 15.5 Å². The molecule has 1 aliphatic rings. The minimum atomic E-state index is 0. The average Bonchev–Trinajstić information content (AvgIpc) is 2.45. The van der Waals surface area contributed by atoms with Crippen LogP contribution in [0.15, 0.2) is 4.99 Å². The molecule has 0 bridgehead atoms. The molecule has 1 saturated heterocycles. The lowest BCUT2D eigenvalue weighted by Gasteiger charge is -2.34. The van der Waals surface area contributed by atoms with E-state index in [0.717, 1.165) is 38.4 Å². The van der Waals surface area contributed by atoms with Crippen LogP contribution in [0.2, 0.25) is 0 Å². The highest BCUT2D eigenvalue weighted by Crippen LogP contribution is 2.20. The van der Waals surface area contributed by atoms with Crippen LogP contribution >= 0.6 is 24.0 Å². The molecule has 0 aromatic carbocycles. The molecule has 118 valence electrons. The number of hydrogen-bond acceptors (Lipinski definition) is 2. The van der Waals surface area contributed by atoms with Gasteiger partial charge in [0.25, 0.3) is 0 Å². The number of hydrogen-bond donors (Lipinski definition) is 2. The van der Waals surface area contributed by atoms with E-state index in [9.17, 15) is 4.79 Å². The van der Waals surface area contributed by atoms with Gasteiger partial charge in [-0.1, -0.05) is 13.3 Å². The summed E-state index contributed by atoms with van der Waals surface area (Å²) in [6, 6.07) is 0. The summed E-state index contributed by atoms with van der Waals surface area (Å²) in [6.07, 6.45) is 5.17. The molecule has 6 heteroatoms. The van der Waals surface area contributed by atoms with Crippen molar-refractivity contribution in [3.05, 3.63) is 0 Å². The molecule has 0 atom stereocenters. The number of carbonyl (C=O) groups excluding carboxylic acids is 1. The fraction of sp³-hybridized carbons (Fsp3) is 0.857. The summed E-state index contributed by atoms with van der Waals surface area (Å²) in [7, 11) is 3.54. The van der Waals surface area contributed by atoms with Crippen molar-refractivity contribution >= 4 is 35.8 Å². The van der Waals surface area contributed by atoms with Gasteiger partial charge in [0, 0.05) is 40.2 Å². The second kappa shape index (κ2) is 11.2. The van der Waals surface area contributed by atoms with Gasteiger partial charge in [-0.25, -0.2) is 0 Å². The number of aliphatic imine (C=N–C) groups is 1. The largest absolute Gasteiger partial charge is 0.359 e.